The SMILES string of the molecule is CN1CCN(c2nc(-c3ccccc3Cl)c3c(N)n(C)nc3n2)CC1. The zero-order valence-corrected chi connectivity index (χ0v) is 15.0. The fourth-order valence-electron chi connectivity index (χ4n) is 3.10. The molecule has 0 saturated carbocycles. The van der Waals surface area contributed by atoms with Crippen molar-refractivity contribution in [1.82, 2.24) is 24.6 Å². The molecule has 0 amide bonds. The van der Waals surface area contributed by atoms with E-state index in [-0.39, 0.29) is 0 Å². The summed E-state index contributed by atoms with van der Waals surface area (Å²) in [5, 5.41) is 5.84. The molecule has 25 heavy (non-hydrogen) atoms. The van der Waals surface area contributed by atoms with Gasteiger partial charge in [-0.15, -0.1) is 0 Å². The Morgan fingerprint density at radius 1 is 1.04 bits per heavy atom. The fraction of sp³-hybridized carbons (Fsp3) is 0.353. The molecule has 2 aromatic heterocycles. The Morgan fingerprint density at radius 3 is 2.48 bits per heavy atom. The molecule has 8 heteroatoms. The highest BCUT2D eigenvalue weighted by molar-refractivity contribution is 6.33. The predicted molar refractivity (Wildman–Crippen MR) is 101 cm³/mol. The molecule has 0 radical (unpaired) electrons. The molecule has 1 fully saturated rings. The second-order valence-corrected chi connectivity index (χ2v) is 6.76. The van der Waals surface area contributed by atoms with Crippen LogP contribution in [0, 0.1) is 0 Å². The van der Waals surface area contributed by atoms with Crippen LogP contribution in [0.15, 0.2) is 24.3 Å². The van der Waals surface area contributed by atoms with Crippen LogP contribution in [-0.2, 0) is 7.05 Å². The van der Waals surface area contributed by atoms with Gasteiger partial charge in [0.2, 0.25) is 5.95 Å². The lowest BCUT2D eigenvalue weighted by Gasteiger charge is -2.32. The number of aromatic nitrogens is 4. The number of halogens is 1. The van der Waals surface area contributed by atoms with E-state index in [1.807, 2.05) is 31.3 Å². The minimum atomic E-state index is 0.537. The number of nitrogens with zero attached hydrogens (tertiary/aromatic N) is 6. The van der Waals surface area contributed by atoms with Crippen LogP contribution < -0.4 is 10.6 Å². The highest BCUT2D eigenvalue weighted by Crippen LogP contribution is 2.35. The molecule has 0 aliphatic carbocycles. The van der Waals surface area contributed by atoms with Crippen molar-refractivity contribution in [1.29, 1.82) is 0 Å². The van der Waals surface area contributed by atoms with Gasteiger partial charge in [-0.2, -0.15) is 10.1 Å². The summed E-state index contributed by atoms with van der Waals surface area (Å²) < 4.78 is 1.63. The van der Waals surface area contributed by atoms with Gasteiger partial charge in [-0.3, -0.25) is 4.68 Å². The Bertz CT molecular complexity index is 928. The second-order valence-electron chi connectivity index (χ2n) is 6.35. The molecule has 1 aliphatic heterocycles. The maximum absolute atomic E-state index is 6.43. The number of benzene rings is 1. The van der Waals surface area contributed by atoms with Gasteiger partial charge in [0.05, 0.1) is 11.1 Å². The van der Waals surface area contributed by atoms with Crippen LogP contribution in [-0.4, -0.2) is 57.9 Å². The number of nitrogens with two attached hydrogens (primary N) is 1. The third-order valence-corrected chi connectivity index (χ3v) is 4.97. The van der Waals surface area contributed by atoms with Crippen molar-refractivity contribution in [2.75, 3.05) is 43.9 Å². The first-order chi connectivity index (χ1) is 12.0. The van der Waals surface area contributed by atoms with Gasteiger partial charge in [-0.1, -0.05) is 29.8 Å². The second kappa shape index (κ2) is 6.16. The van der Waals surface area contributed by atoms with Crippen LogP contribution in [0.2, 0.25) is 5.02 Å². The molecule has 130 valence electrons. The third-order valence-electron chi connectivity index (χ3n) is 4.64. The standard InChI is InChI=1S/C17H20ClN7/c1-23-7-9-25(10-8-23)17-20-14(11-5-3-4-6-12(11)18)13-15(19)24(2)22-16(13)21-17/h3-6H,7-10,19H2,1-2H3. The van der Waals surface area contributed by atoms with E-state index < -0.39 is 0 Å². The predicted octanol–water partition coefficient (Wildman–Crippen LogP) is 2.02. The molecule has 3 heterocycles. The number of fused-ring (bicyclic) bond motifs is 1. The average molecular weight is 358 g/mol. The maximum Gasteiger partial charge on any atom is 0.228 e. The lowest BCUT2D eigenvalue weighted by Crippen LogP contribution is -2.45. The van der Waals surface area contributed by atoms with E-state index in [4.69, 9.17) is 22.3 Å². The van der Waals surface area contributed by atoms with Gasteiger partial charge in [0.15, 0.2) is 5.65 Å². The number of piperazine rings is 1. The van der Waals surface area contributed by atoms with Crippen molar-refractivity contribution in [3.63, 3.8) is 0 Å². The normalized spacial score (nSPS) is 15.9. The molecule has 4 rings (SSSR count). The largest absolute Gasteiger partial charge is 0.383 e. The molecule has 7 nitrogen and oxygen atoms in total. The topological polar surface area (TPSA) is 76.1 Å². The summed E-state index contributed by atoms with van der Waals surface area (Å²) in [6.45, 7) is 3.72. The molecule has 0 atom stereocenters. The van der Waals surface area contributed by atoms with E-state index in [0.717, 1.165) is 42.8 Å². The van der Waals surface area contributed by atoms with Crippen LogP contribution >= 0.6 is 11.6 Å². The van der Waals surface area contributed by atoms with Gasteiger partial charge in [0.1, 0.15) is 5.82 Å². The number of rotatable bonds is 2. The van der Waals surface area contributed by atoms with E-state index in [2.05, 4.69) is 26.9 Å². The van der Waals surface area contributed by atoms with Crippen molar-refractivity contribution in [2.24, 2.45) is 7.05 Å². The highest BCUT2D eigenvalue weighted by atomic mass is 35.5. The Hall–Kier alpha value is -2.38. The van der Waals surface area contributed by atoms with E-state index >= 15 is 0 Å². The van der Waals surface area contributed by atoms with Crippen LogP contribution in [0.1, 0.15) is 0 Å². The number of hydrogen-bond donors (Lipinski definition) is 1. The van der Waals surface area contributed by atoms with Crippen LogP contribution in [0.25, 0.3) is 22.3 Å². The van der Waals surface area contributed by atoms with Crippen molar-refractivity contribution in [2.45, 2.75) is 0 Å². The molecule has 0 spiro atoms. The van der Waals surface area contributed by atoms with Crippen molar-refractivity contribution in [3.05, 3.63) is 29.3 Å². The van der Waals surface area contributed by atoms with Gasteiger partial charge >= 0.3 is 0 Å². The monoisotopic (exact) mass is 357 g/mol. The van der Waals surface area contributed by atoms with Gasteiger partial charge in [0, 0.05) is 43.8 Å². The lowest BCUT2D eigenvalue weighted by atomic mass is 10.1. The number of aryl methyl sites for hydroxylation is 1. The number of hydrogen-bond acceptors (Lipinski definition) is 6. The summed E-state index contributed by atoms with van der Waals surface area (Å²) in [7, 11) is 3.93. The molecule has 0 unspecified atom stereocenters. The Morgan fingerprint density at radius 2 is 1.76 bits per heavy atom. The maximum atomic E-state index is 6.43. The van der Waals surface area contributed by atoms with Crippen LogP contribution in [0.3, 0.4) is 0 Å². The quantitative estimate of drug-likeness (QED) is 0.756. The smallest absolute Gasteiger partial charge is 0.228 e. The summed E-state index contributed by atoms with van der Waals surface area (Å²) in [4.78, 5) is 14.0. The first-order valence-corrected chi connectivity index (χ1v) is 8.61. The summed E-state index contributed by atoms with van der Waals surface area (Å²) in [6.07, 6.45) is 0. The van der Waals surface area contributed by atoms with E-state index in [9.17, 15) is 0 Å². The van der Waals surface area contributed by atoms with E-state index in [0.29, 0.717) is 22.4 Å². The van der Waals surface area contributed by atoms with Crippen molar-refractivity contribution in [3.8, 4) is 11.3 Å². The molecule has 1 saturated heterocycles. The zero-order chi connectivity index (χ0) is 17.6. The minimum Gasteiger partial charge on any atom is -0.383 e. The minimum absolute atomic E-state index is 0.537. The van der Waals surface area contributed by atoms with E-state index in [1.165, 1.54) is 0 Å². The number of nitrogen functional groups attached to an aromatic ring is 1. The van der Waals surface area contributed by atoms with E-state index in [1.54, 1.807) is 4.68 Å². The Kier molecular flexibility index (Phi) is 3.97. The summed E-state index contributed by atoms with van der Waals surface area (Å²) in [5.41, 5.74) is 8.40. The van der Waals surface area contributed by atoms with Crippen molar-refractivity contribution < 1.29 is 0 Å². The average Bonchev–Trinajstić information content (AvgIpc) is 2.90. The molecular formula is C17H20ClN7. The summed E-state index contributed by atoms with van der Waals surface area (Å²) in [5.74, 6) is 1.21. The van der Waals surface area contributed by atoms with Gasteiger partial charge < -0.3 is 15.5 Å². The molecule has 1 aliphatic rings. The van der Waals surface area contributed by atoms with Gasteiger partial charge in [0.25, 0.3) is 0 Å². The molecule has 0 bridgehead atoms. The molecule has 1 aromatic carbocycles. The first-order valence-electron chi connectivity index (χ1n) is 8.23. The first kappa shape index (κ1) is 16.1. The zero-order valence-electron chi connectivity index (χ0n) is 14.3. The van der Waals surface area contributed by atoms with Crippen molar-refractivity contribution >= 4 is 34.4 Å². The van der Waals surface area contributed by atoms with Crippen LogP contribution in [0.4, 0.5) is 11.8 Å². The molecule has 2 N–H and O–H groups in total. The molecular weight excluding hydrogens is 338 g/mol. The fourth-order valence-corrected chi connectivity index (χ4v) is 3.32. The summed E-state index contributed by atoms with van der Waals surface area (Å²) >= 11 is 6.43. The highest BCUT2D eigenvalue weighted by Gasteiger charge is 2.22. The number of anilines is 2. The Balaban J connectivity index is 1.91. The third kappa shape index (κ3) is 2.79. The molecule has 3 aromatic rings. The van der Waals surface area contributed by atoms with Crippen LogP contribution in [0.5, 0.6) is 0 Å². The summed E-state index contributed by atoms with van der Waals surface area (Å²) in [6, 6.07) is 7.65. The Labute approximate surface area is 151 Å². The lowest BCUT2D eigenvalue weighted by molar-refractivity contribution is 0.311. The van der Waals surface area contributed by atoms with Gasteiger partial charge in [-0.05, 0) is 13.1 Å². The van der Waals surface area contributed by atoms with Gasteiger partial charge in [-0.25, -0.2) is 4.98 Å². The number of likely N-dealkylation sites (N-methyl/N-ethyl adjacent to an activating group) is 1.